The third kappa shape index (κ3) is 4.68. The highest BCUT2D eigenvalue weighted by Crippen LogP contribution is 2.20. The molecule has 0 heterocycles. The van der Waals surface area contributed by atoms with Crippen LogP contribution in [0.1, 0.15) is 15.9 Å². The van der Waals surface area contributed by atoms with E-state index in [0.717, 1.165) is 9.87 Å². The van der Waals surface area contributed by atoms with Crippen LogP contribution in [0.15, 0.2) is 72.2 Å². The minimum Gasteiger partial charge on any atom is -0.489 e. The fourth-order valence-electron chi connectivity index (χ4n) is 2.18. The molecule has 0 fully saturated rings. The van der Waals surface area contributed by atoms with Crippen molar-refractivity contribution in [3.8, 4) is 5.75 Å². The van der Waals surface area contributed by atoms with Crippen molar-refractivity contribution in [3.63, 3.8) is 0 Å². The maximum absolute atomic E-state index is 12.4. The lowest BCUT2D eigenvalue weighted by molar-refractivity contribution is 0.104. The Balaban J connectivity index is 2.26. The van der Waals surface area contributed by atoms with E-state index < -0.39 is 10.0 Å². The second-order valence-corrected chi connectivity index (χ2v) is 7.80. The van der Waals surface area contributed by atoms with Gasteiger partial charge in [-0.1, -0.05) is 43.0 Å². The van der Waals surface area contributed by atoms with Crippen LogP contribution in [-0.4, -0.2) is 39.2 Å². The van der Waals surface area contributed by atoms with Crippen molar-refractivity contribution in [1.82, 2.24) is 4.31 Å². The van der Waals surface area contributed by atoms with Gasteiger partial charge in [-0.15, -0.1) is 0 Å². The van der Waals surface area contributed by atoms with Crippen LogP contribution in [0, 0.1) is 0 Å². The normalized spacial score (nSPS) is 11.7. The van der Waals surface area contributed by atoms with Gasteiger partial charge < -0.3 is 4.74 Å². The fraction of sp³-hybridized carbons (Fsp3) is 0.150. The van der Waals surface area contributed by atoms with Crippen molar-refractivity contribution in [1.29, 1.82) is 0 Å². The Bertz CT molecular complexity index is 930. The third-order valence-electron chi connectivity index (χ3n) is 3.59. The molecule has 0 aliphatic carbocycles. The number of carbonyl (C=O) groups excluding carboxylic acids is 1. The second-order valence-electron chi connectivity index (χ2n) is 5.65. The molecule has 6 heteroatoms. The molecule has 2 aromatic carbocycles. The number of ketones is 1. The molecule has 0 N–H and O–H groups in total. The number of ether oxygens (including phenoxy) is 1. The lowest BCUT2D eigenvalue weighted by Gasteiger charge is -2.11. The predicted molar refractivity (Wildman–Crippen MR) is 103 cm³/mol. The average Bonchev–Trinajstić information content (AvgIpc) is 2.65. The summed E-state index contributed by atoms with van der Waals surface area (Å²) in [6.45, 7) is 3.97. The first-order chi connectivity index (χ1) is 12.4. The predicted octanol–water partition coefficient (Wildman–Crippen LogP) is 3.40. The number of carbonyl (C=O) groups is 1. The largest absolute Gasteiger partial charge is 0.489 e. The summed E-state index contributed by atoms with van der Waals surface area (Å²) in [4.78, 5) is 12.5. The molecule has 5 nitrogen and oxygen atoms in total. The highest BCUT2D eigenvalue weighted by atomic mass is 32.2. The SMILES string of the molecule is C=CCOc1ccccc1/C=C/C(=O)c1cccc(S(=O)(=O)N(C)C)c1. The molecule has 0 amide bonds. The Morgan fingerprint density at radius 2 is 1.88 bits per heavy atom. The second kappa shape index (κ2) is 8.60. The zero-order valence-electron chi connectivity index (χ0n) is 14.8. The molecule has 0 saturated carbocycles. The molecule has 2 aromatic rings. The molecule has 26 heavy (non-hydrogen) atoms. The van der Waals surface area contributed by atoms with Gasteiger partial charge in [0.1, 0.15) is 12.4 Å². The van der Waals surface area contributed by atoms with Crippen molar-refractivity contribution in [2.45, 2.75) is 4.90 Å². The van der Waals surface area contributed by atoms with Crippen LogP contribution in [0.3, 0.4) is 0 Å². The average molecular weight is 371 g/mol. The summed E-state index contributed by atoms with van der Waals surface area (Å²) in [6, 6.07) is 13.3. The van der Waals surface area contributed by atoms with Crippen molar-refractivity contribution < 1.29 is 17.9 Å². The number of sulfonamides is 1. The lowest BCUT2D eigenvalue weighted by Crippen LogP contribution is -2.22. The maximum atomic E-state index is 12.4. The van der Waals surface area contributed by atoms with E-state index in [1.54, 1.807) is 30.4 Å². The monoisotopic (exact) mass is 371 g/mol. The number of nitrogens with zero attached hydrogens (tertiary/aromatic N) is 1. The van der Waals surface area contributed by atoms with E-state index >= 15 is 0 Å². The minimum atomic E-state index is -3.59. The van der Waals surface area contributed by atoms with Crippen LogP contribution < -0.4 is 4.74 Å². The maximum Gasteiger partial charge on any atom is 0.242 e. The van der Waals surface area contributed by atoms with Crippen molar-refractivity contribution >= 4 is 21.9 Å². The van der Waals surface area contributed by atoms with Crippen LogP contribution in [0.2, 0.25) is 0 Å². The summed E-state index contributed by atoms with van der Waals surface area (Å²) < 4.78 is 31.1. The number of rotatable bonds is 8. The summed E-state index contributed by atoms with van der Waals surface area (Å²) in [5, 5.41) is 0. The van der Waals surface area contributed by atoms with E-state index in [2.05, 4.69) is 6.58 Å². The highest BCUT2D eigenvalue weighted by molar-refractivity contribution is 7.89. The van der Waals surface area contributed by atoms with Crippen LogP contribution in [0.5, 0.6) is 5.75 Å². The minimum absolute atomic E-state index is 0.0801. The van der Waals surface area contributed by atoms with E-state index in [9.17, 15) is 13.2 Å². The summed E-state index contributed by atoms with van der Waals surface area (Å²) in [5.41, 5.74) is 1.05. The zero-order chi connectivity index (χ0) is 19.2. The molecule has 2 rings (SSSR count). The van der Waals surface area contributed by atoms with E-state index in [1.165, 1.54) is 32.3 Å². The Morgan fingerprint density at radius 3 is 2.58 bits per heavy atom. The highest BCUT2D eigenvalue weighted by Gasteiger charge is 2.18. The quantitative estimate of drug-likeness (QED) is 0.405. The lowest BCUT2D eigenvalue weighted by atomic mass is 10.1. The molecule has 0 aliphatic rings. The molecule has 0 aromatic heterocycles. The zero-order valence-corrected chi connectivity index (χ0v) is 15.6. The molecule has 0 saturated heterocycles. The van der Waals surface area contributed by atoms with Gasteiger partial charge in [0, 0.05) is 25.2 Å². The number of allylic oxidation sites excluding steroid dienone is 1. The standard InChI is InChI=1S/C20H21NO4S/c1-4-14-25-20-11-6-5-8-16(20)12-13-19(22)17-9-7-10-18(15-17)26(23,24)21(2)3/h4-13,15H,1,14H2,2-3H3/b13-12+. The molecular formula is C20H21NO4S. The van der Waals surface area contributed by atoms with Crippen LogP contribution in [0.4, 0.5) is 0 Å². The van der Waals surface area contributed by atoms with Gasteiger partial charge in [0.2, 0.25) is 10.0 Å². The first kappa shape index (κ1) is 19.6. The van der Waals surface area contributed by atoms with Gasteiger partial charge in [-0.05, 0) is 30.4 Å². The van der Waals surface area contributed by atoms with Gasteiger partial charge >= 0.3 is 0 Å². The van der Waals surface area contributed by atoms with Gasteiger partial charge in [-0.3, -0.25) is 4.79 Å². The van der Waals surface area contributed by atoms with Gasteiger partial charge in [-0.2, -0.15) is 0 Å². The number of hydrogen-bond donors (Lipinski definition) is 0. The van der Waals surface area contributed by atoms with Gasteiger partial charge in [0.05, 0.1) is 4.90 Å². The molecule has 136 valence electrons. The summed E-state index contributed by atoms with van der Waals surface area (Å²) in [5.74, 6) is 0.347. The molecule has 0 atom stereocenters. The Morgan fingerprint density at radius 1 is 1.15 bits per heavy atom. The molecule has 0 unspecified atom stereocenters. The molecule has 0 radical (unpaired) electrons. The number of para-hydroxylation sites is 1. The third-order valence-corrected chi connectivity index (χ3v) is 5.40. The van der Waals surface area contributed by atoms with Crippen molar-refractivity contribution in [3.05, 3.63) is 78.4 Å². The van der Waals surface area contributed by atoms with Gasteiger partial charge in [0.15, 0.2) is 5.78 Å². The summed E-state index contributed by atoms with van der Waals surface area (Å²) in [7, 11) is -0.693. The Hall–Kier alpha value is -2.70. The van der Waals surface area contributed by atoms with E-state index in [1.807, 2.05) is 18.2 Å². The van der Waals surface area contributed by atoms with Crippen molar-refractivity contribution in [2.24, 2.45) is 0 Å². The summed E-state index contributed by atoms with van der Waals surface area (Å²) >= 11 is 0. The Kier molecular flexibility index (Phi) is 6.49. The van der Waals surface area contributed by atoms with Gasteiger partial charge in [-0.25, -0.2) is 12.7 Å². The topological polar surface area (TPSA) is 63.7 Å². The van der Waals surface area contributed by atoms with Gasteiger partial charge in [0.25, 0.3) is 0 Å². The number of benzene rings is 2. The summed E-state index contributed by atoms with van der Waals surface area (Å²) in [6.07, 6.45) is 4.69. The first-order valence-electron chi connectivity index (χ1n) is 7.94. The van der Waals surface area contributed by atoms with Crippen LogP contribution in [-0.2, 0) is 10.0 Å². The number of hydrogen-bond acceptors (Lipinski definition) is 4. The fourth-order valence-corrected chi connectivity index (χ4v) is 3.13. The van der Waals surface area contributed by atoms with Crippen LogP contribution in [0.25, 0.3) is 6.08 Å². The van der Waals surface area contributed by atoms with E-state index in [0.29, 0.717) is 17.9 Å². The molecule has 0 aliphatic heterocycles. The van der Waals surface area contributed by atoms with E-state index in [4.69, 9.17) is 4.74 Å². The van der Waals surface area contributed by atoms with E-state index in [-0.39, 0.29) is 10.7 Å². The molecular weight excluding hydrogens is 350 g/mol. The molecule has 0 bridgehead atoms. The van der Waals surface area contributed by atoms with Crippen LogP contribution >= 0.6 is 0 Å². The smallest absolute Gasteiger partial charge is 0.242 e. The Labute approximate surface area is 154 Å². The molecule has 0 spiro atoms. The first-order valence-corrected chi connectivity index (χ1v) is 9.38. The van der Waals surface area contributed by atoms with Crippen molar-refractivity contribution in [2.75, 3.05) is 20.7 Å².